The molecule has 1 unspecified atom stereocenters. The highest BCUT2D eigenvalue weighted by Gasteiger charge is 2.21. The van der Waals surface area contributed by atoms with Crippen LogP contribution in [0.15, 0.2) is 6.07 Å². The molecule has 1 aliphatic rings. The van der Waals surface area contributed by atoms with Crippen LogP contribution in [0, 0.1) is 24.2 Å². The monoisotopic (exact) mass is 230 g/mol. The van der Waals surface area contributed by atoms with Crippen molar-refractivity contribution < 1.29 is 4.79 Å². The van der Waals surface area contributed by atoms with Crippen molar-refractivity contribution >= 4 is 12.2 Å². The van der Waals surface area contributed by atoms with Crippen molar-refractivity contribution in [3.63, 3.8) is 0 Å². The molecule has 0 aliphatic carbocycles. The number of aldehydes is 1. The first-order valence-electron chi connectivity index (χ1n) is 5.69. The summed E-state index contributed by atoms with van der Waals surface area (Å²) in [5.74, 6) is 0.617. The van der Waals surface area contributed by atoms with Gasteiger partial charge in [0.05, 0.1) is 0 Å². The molecule has 0 bridgehead atoms. The highest BCUT2D eigenvalue weighted by Crippen LogP contribution is 2.19. The largest absolute Gasteiger partial charge is 0.340 e. The van der Waals surface area contributed by atoms with Crippen LogP contribution in [0.1, 0.15) is 24.2 Å². The molecule has 0 amide bonds. The van der Waals surface area contributed by atoms with Crippen LogP contribution in [0.4, 0.5) is 5.95 Å². The van der Waals surface area contributed by atoms with E-state index in [9.17, 15) is 4.79 Å². The second-order valence-electron chi connectivity index (χ2n) is 4.29. The van der Waals surface area contributed by atoms with E-state index < -0.39 is 0 Å². The Hall–Kier alpha value is -1.96. The predicted molar refractivity (Wildman–Crippen MR) is 62.5 cm³/mol. The van der Waals surface area contributed by atoms with E-state index in [0.29, 0.717) is 18.2 Å². The van der Waals surface area contributed by atoms with Gasteiger partial charge in [-0.2, -0.15) is 5.26 Å². The number of carbonyl (C=O) groups is 1. The minimum absolute atomic E-state index is 0.0541. The Kier molecular flexibility index (Phi) is 3.33. The molecular weight excluding hydrogens is 216 g/mol. The Morgan fingerprint density at radius 1 is 1.59 bits per heavy atom. The van der Waals surface area contributed by atoms with Gasteiger partial charge >= 0.3 is 0 Å². The van der Waals surface area contributed by atoms with E-state index >= 15 is 0 Å². The molecular formula is C12H14N4O. The maximum Gasteiger partial charge on any atom is 0.226 e. The van der Waals surface area contributed by atoms with Crippen LogP contribution in [-0.4, -0.2) is 29.3 Å². The number of aromatic nitrogens is 2. The maximum atomic E-state index is 10.8. The van der Waals surface area contributed by atoms with Gasteiger partial charge in [0.25, 0.3) is 0 Å². The summed E-state index contributed by atoms with van der Waals surface area (Å²) in [7, 11) is 0. The van der Waals surface area contributed by atoms with E-state index in [1.165, 1.54) is 0 Å². The Morgan fingerprint density at radius 3 is 3.12 bits per heavy atom. The molecule has 5 nitrogen and oxygen atoms in total. The molecule has 1 fully saturated rings. The first-order chi connectivity index (χ1) is 8.22. The number of carbonyl (C=O) groups excluding carboxylic acids is 1. The molecule has 5 heteroatoms. The minimum Gasteiger partial charge on any atom is -0.340 e. The van der Waals surface area contributed by atoms with Crippen LogP contribution in [0.3, 0.4) is 0 Å². The van der Waals surface area contributed by atoms with Gasteiger partial charge in [-0.25, -0.2) is 9.97 Å². The molecule has 2 heterocycles. The van der Waals surface area contributed by atoms with Crippen molar-refractivity contribution in [2.24, 2.45) is 5.92 Å². The molecule has 0 N–H and O–H groups in total. The molecule has 1 atom stereocenters. The van der Waals surface area contributed by atoms with Crippen LogP contribution in [0.5, 0.6) is 0 Å². The number of rotatable bonds is 2. The quantitative estimate of drug-likeness (QED) is 0.711. The third kappa shape index (κ3) is 2.59. The summed E-state index contributed by atoms with van der Waals surface area (Å²) in [6.45, 7) is 3.34. The molecule has 0 spiro atoms. The van der Waals surface area contributed by atoms with Crippen LogP contribution in [0.2, 0.25) is 0 Å². The van der Waals surface area contributed by atoms with Crippen molar-refractivity contribution in [2.45, 2.75) is 19.8 Å². The van der Waals surface area contributed by atoms with Crippen molar-refractivity contribution in [1.29, 1.82) is 5.26 Å². The lowest BCUT2D eigenvalue weighted by Crippen LogP contribution is -2.37. The van der Waals surface area contributed by atoms with Crippen LogP contribution >= 0.6 is 0 Å². The van der Waals surface area contributed by atoms with Gasteiger partial charge in [0.2, 0.25) is 5.95 Å². The molecule has 17 heavy (non-hydrogen) atoms. The van der Waals surface area contributed by atoms with E-state index in [2.05, 4.69) is 9.97 Å². The summed E-state index contributed by atoms with van der Waals surface area (Å²) < 4.78 is 0. The number of piperidine rings is 1. The lowest BCUT2D eigenvalue weighted by atomic mass is 10.0. The number of nitriles is 1. The van der Waals surface area contributed by atoms with Gasteiger partial charge in [-0.15, -0.1) is 0 Å². The zero-order valence-electron chi connectivity index (χ0n) is 9.76. The summed E-state index contributed by atoms with van der Waals surface area (Å²) in [6.07, 6.45) is 2.88. The van der Waals surface area contributed by atoms with Crippen molar-refractivity contribution in [3.05, 3.63) is 17.5 Å². The fourth-order valence-electron chi connectivity index (χ4n) is 2.05. The zero-order chi connectivity index (χ0) is 12.3. The smallest absolute Gasteiger partial charge is 0.226 e. The Labute approximate surface area is 100 Å². The van der Waals surface area contributed by atoms with E-state index in [0.717, 1.165) is 31.4 Å². The normalized spacial score (nSPS) is 19.8. The number of nitrogens with zero attached hydrogens (tertiary/aromatic N) is 4. The van der Waals surface area contributed by atoms with Gasteiger partial charge in [0, 0.05) is 24.7 Å². The third-order valence-electron chi connectivity index (χ3n) is 2.89. The standard InChI is InChI=1S/C12H14N4O/c1-9-5-11(6-13)15-12(14-9)16-4-2-3-10(7-16)8-17/h5,8,10H,2-4,7H2,1H3. The molecule has 2 rings (SSSR count). The van der Waals surface area contributed by atoms with E-state index in [-0.39, 0.29) is 5.92 Å². The first kappa shape index (κ1) is 11.5. The average Bonchev–Trinajstić information content (AvgIpc) is 2.38. The predicted octanol–water partition coefficient (Wildman–Crippen LogP) is 1.07. The number of hydrogen-bond acceptors (Lipinski definition) is 5. The summed E-state index contributed by atoms with van der Waals surface area (Å²) >= 11 is 0. The highest BCUT2D eigenvalue weighted by molar-refractivity contribution is 5.55. The third-order valence-corrected chi connectivity index (χ3v) is 2.89. The second-order valence-corrected chi connectivity index (χ2v) is 4.29. The van der Waals surface area contributed by atoms with Crippen LogP contribution < -0.4 is 4.90 Å². The van der Waals surface area contributed by atoms with E-state index in [1.807, 2.05) is 17.9 Å². The van der Waals surface area contributed by atoms with Crippen LogP contribution in [0.25, 0.3) is 0 Å². The van der Waals surface area contributed by atoms with Gasteiger partial charge in [0.15, 0.2) is 0 Å². The van der Waals surface area contributed by atoms with Gasteiger partial charge in [-0.1, -0.05) is 0 Å². The van der Waals surface area contributed by atoms with E-state index in [1.54, 1.807) is 6.07 Å². The first-order valence-corrected chi connectivity index (χ1v) is 5.69. The molecule has 0 radical (unpaired) electrons. The Bertz CT molecular complexity index is 466. The molecule has 0 aromatic carbocycles. The maximum absolute atomic E-state index is 10.8. The summed E-state index contributed by atoms with van der Waals surface area (Å²) in [5, 5.41) is 8.87. The lowest BCUT2D eigenvalue weighted by Gasteiger charge is -2.30. The second kappa shape index (κ2) is 4.91. The van der Waals surface area contributed by atoms with E-state index in [4.69, 9.17) is 5.26 Å². The highest BCUT2D eigenvalue weighted by atomic mass is 16.1. The number of aryl methyl sites for hydroxylation is 1. The van der Waals surface area contributed by atoms with Crippen LogP contribution in [-0.2, 0) is 4.79 Å². The van der Waals surface area contributed by atoms with Crippen molar-refractivity contribution in [2.75, 3.05) is 18.0 Å². The fraction of sp³-hybridized carbons (Fsp3) is 0.500. The summed E-state index contributed by atoms with van der Waals surface area (Å²) in [6, 6.07) is 3.68. The van der Waals surface area contributed by atoms with Gasteiger partial charge < -0.3 is 9.69 Å². The molecule has 1 aliphatic heterocycles. The van der Waals surface area contributed by atoms with Crippen molar-refractivity contribution in [3.8, 4) is 6.07 Å². The topological polar surface area (TPSA) is 69.9 Å². The van der Waals surface area contributed by atoms with Gasteiger partial charge in [-0.05, 0) is 25.8 Å². The molecule has 1 aromatic rings. The molecule has 1 saturated heterocycles. The zero-order valence-corrected chi connectivity index (χ0v) is 9.76. The lowest BCUT2D eigenvalue weighted by molar-refractivity contribution is -0.111. The number of anilines is 1. The molecule has 88 valence electrons. The number of hydrogen-bond donors (Lipinski definition) is 0. The molecule has 1 aromatic heterocycles. The summed E-state index contributed by atoms with van der Waals surface area (Å²) in [5.41, 5.74) is 1.15. The summed E-state index contributed by atoms with van der Waals surface area (Å²) in [4.78, 5) is 21.3. The molecule has 0 saturated carbocycles. The SMILES string of the molecule is Cc1cc(C#N)nc(N2CCCC(C=O)C2)n1. The van der Waals surface area contributed by atoms with Gasteiger partial charge in [0.1, 0.15) is 18.0 Å². The fourth-order valence-corrected chi connectivity index (χ4v) is 2.05. The minimum atomic E-state index is 0.0541. The Balaban J connectivity index is 2.24. The van der Waals surface area contributed by atoms with Gasteiger partial charge in [-0.3, -0.25) is 0 Å². The Morgan fingerprint density at radius 2 is 2.41 bits per heavy atom. The van der Waals surface area contributed by atoms with Crippen molar-refractivity contribution in [1.82, 2.24) is 9.97 Å². The average molecular weight is 230 g/mol.